The third kappa shape index (κ3) is 8.06. The lowest BCUT2D eigenvalue weighted by atomic mass is 10.1. The molecule has 0 atom stereocenters. The van der Waals surface area contributed by atoms with Crippen LogP contribution in [-0.2, 0) is 6.54 Å². The highest BCUT2D eigenvalue weighted by molar-refractivity contribution is 9.10. The Morgan fingerprint density at radius 3 is 2.30 bits per heavy atom. The zero-order valence-corrected chi connectivity index (χ0v) is 14.8. The average molecular weight is 340 g/mol. The van der Waals surface area contributed by atoms with Gasteiger partial charge in [0.15, 0.2) is 0 Å². The van der Waals surface area contributed by atoms with Crippen molar-refractivity contribution in [1.29, 1.82) is 0 Å². The van der Waals surface area contributed by atoms with Crippen LogP contribution in [0, 0.1) is 0 Å². The Bertz CT molecular complexity index is 351. The molecule has 0 radical (unpaired) electrons. The highest BCUT2D eigenvalue weighted by Crippen LogP contribution is 2.14. The van der Waals surface area contributed by atoms with Gasteiger partial charge in [-0.15, -0.1) is 0 Å². The molecule has 0 spiro atoms. The van der Waals surface area contributed by atoms with E-state index in [2.05, 4.69) is 58.9 Å². The van der Waals surface area contributed by atoms with E-state index in [0.29, 0.717) is 0 Å². The second-order valence-electron chi connectivity index (χ2n) is 5.62. The molecule has 2 heteroatoms. The molecule has 0 unspecified atom stereocenters. The Morgan fingerprint density at radius 2 is 1.65 bits per heavy atom. The molecular formula is C18H30BrN. The summed E-state index contributed by atoms with van der Waals surface area (Å²) in [5, 5.41) is 0. The summed E-state index contributed by atoms with van der Waals surface area (Å²) < 4.78 is 1.18. The first-order valence-corrected chi connectivity index (χ1v) is 9.02. The van der Waals surface area contributed by atoms with Gasteiger partial charge in [0, 0.05) is 11.0 Å². The Morgan fingerprint density at radius 1 is 0.950 bits per heavy atom. The number of benzene rings is 1. The highest BCUT2D eigenvalue weighted by atomic mass is 79.9. The van der Waals surface area contributed by atoms with Crippen LogP contribution < -0.4 is 0 Å². The van der Waals surface area contributed by atoms with E-state index in [9.17, 15) is 0 Å². The molecule has 0 heterocycles. The molecule has 0 aromatic heterocycles. The van der Waals surface area contributed by atoms with E-state index in [1.807, 2.05) is 0 Å². The molecule has 20 heavy (non-hydrogen) atoms. The van der Waals surface area contributed by atoms with Gasteiger partial charge in [0.25, 0.3) is 0 Å². The molecule has 1 rings (SSSR count). The van der Waals surface area contributed by atoms with Crippen LogP contribution in [0.4, 0.5) is 0 Å². The van der Waals surface area contributed by atoms with Crippen molar-refractivity contribution in [3.05, 3.63) is 34.3 Å². The van der Waals surface area contributed by atoms with Gasteiger partial charge in [-0.3, -0.25) is 4.90 Å². The Labute approximate surface area is 133 Å². The molecule has 1 nitrogen and oxygen atoms in total. The zero-order valence-electron chi connectivity index (χ0n) is 13.2. The molecule has 0 N–H and O–H groups in total. The van der Waals surface area contributed by atoms with Gasteiger partial charge in [0.1, 0.15) is 0 Å². The second-order valence-corrected chi connectivity index (χ2v) is 6.54. The maximum atomic E-state index is 3.55. The first-order chi connectivity index (χ1) is 9.76. The van der Waals surface area contributed by atoms with Crippen molar-refractivity contribution in [3.8, 4) is 0 Å². The highest BCUT2D eigenvalue weighted by Gasteiger charge is 2.03. The number of hydrogen-bond donors (Lipinski definition) is 0. The molecule has 0 amide bonds. The summed E-state index contributed by atoms with van der Waals surface area (Å²) in [6, 6.07) is 8.67. The van der Waals surface area contributed by atoms with Gasteiger partial charge in [-0.2, -0.15) is 0 Å². The van der Waals surface area contributed by atoms with Crippen molar-refractivity contribution < 1.29 is 0 Å². The Hall–Kier alpha value is -0.340. The van der Waals surface area contributed by atoms with Crippen molar-refractivity contribution in [3.63, 3.8) is 0 Å². The third-order valence-corrected chi connectivity index (χ3v) is 4.31. The SMILES string of the molecule is CCCCCCCCCN(CC)Cc1cccc(Br)c1. The minimum absolute atomic E-state index is 1.08. The molecular weight excluding hydrogens is 310 g/mol. The summed E-state index contributed by atoms with van der Waals surface area (Å²) >= 11 is 3.55. The molecule has 0 fully saturated rings. The maximum Gasteiger partial charge on any atom is 0.0234 e. The first kappa shape index (κ1) is 17.7. The molecule has 114 valence electrons. The molecule has 1 aromatic rings. The van der Waals surface area contributed by atoms with Crippen molar-refractivity contribution in [2.24, 2.45) is 0 Å². The zero-order chi connectivity index (χ0) is 14.6. The second kappa shape index (κ2) is 11.3. The molecule has 0 aliphatic rings. The van der Waals surface area contributed by atoms with Crippen LogP contribution in [0.1, 0.15) is 64.4 Å². The summed E-state index contributed by atoms with van der Waals surface area (Å²) in [4.78, 5) is 2.55. The number of nitrogens with zero attached hydrogens (tertiary/aromatic N) is 1. The average Bonchev–Trinajstić information content (AvgIpc) is 2.45. The third-order valence-electron chi connectivity index (χ3n) is 3.82. The predicted molar refractivity (Wildman–Crippen MR) is 93.1 cm³/mol. The van der Waals surface area contributed by atoms with Gasteiger partial charge in [-0.25, -0.2) is 0 Å². The topological polar surface area (TPSA) is 3.24 Å². The van der Waals surface area contributed by atoms with E-state index >= 15 is 0 Å². The van der Waals surface area contributed by atoms with Gasteiger partial charge >= 0.3 is 0 Å². The molecule has 1 aromatic carbocycles. The van der Waals surface area contributed by atoms with E-state index < -0.39 is 0 Å². The summed E-state index contributed by atoms with van der Waals surface area (Å²) in [6.07, 6.45) is 9.74. The number of rotatable bonds is 11. The number of unbranched alkanes of at least 4 members (excludes halogenated alkanes) is 6. The molecule has 0 aliphatic heterocycles. The van der Waals surface area contributed by atoms with E-state index in [0.717, 1.165) is 13.1 Å². The number of hydrogen-bond acceptors (Lipinski definition) is 1. The summed E-state index contributed by atoms with van der Waals surface area (Å²) in [5.74, 6) is 0. The van der Waals surface area contributed by atoms with Gasteiger partial charge in [0.2, 0.25) is 0 Å². The Kier molecular flexibility index (Phi) is 10.0. The van der Waals surface area contributed by atoms with Crippen LogP contribution in [0.15, 0.2) is 28.7 Å². The standard InChI is InChI=1S/C18H30BrN/c1-3-5-6-7-8-9-10-14-20(4-2)16-17-12-11-13-18(19)15-17/h11-13,15H,3-10,14,16H2,1-2H3. The predicted octanol–water partition coefficient (Wildman–Crippen LogP) is 6.02. The lowest BCUT2D eigenvalue weighted by Gasteiger charge is -2.20. The smallest absolute Gasteiger partial charge is 0.0234 e. The monoisotopic (exact) mass is 339 g/mol. The quantitative estimate of drug-likeness (QED) is 0.445. The van der Waals surface area contributed by atoms with Gasteiger partial charge < -0.3 is 0 Å². The van der Waals surface area contributed by atoms with E-state index in [4.69, 9.17) is 0 Å². The first-order valence-electron chi connectivity index (χ1n) is 8.23. The summed E-state index contributed by atoms with van der Waals surface area (Å²) in [5.41, 5.74) is 1.41. The van der Waals surface area contributed by atoms with Crippen molar-refractivity contribution in [2.45, 2.75) is 65.3 Å². The summed E-state index contributed by atoms with van der Waals surface area (Å²) in [7, 11) is 0. The van der Waals surface area contributed by atoms with E-state index in [-0.39, 0.29) is 0 Å². The minimum Gasteiger partial charge on any atom is -0.299 e. The molecule has 0 bridgehead atoms. The fourth-order valence-corrected chi connectivity index (χ4v) is 2.98. The minimum atomic E-state index is 1.08. The van der Waals surface area contributed by atoms with Gasteiger partial charge in [-0.1, -0.05) is 80.4 Å². The normalized spacial score (nSPS) is 11.2. The largest absolute Gasteiger partial charge is 0.299 e. The van der Waals surface area contributed by atoms with E-state index in [1.54, 1.807) is 0 Å². The lowest BCUT2D eigenvalue weighted by molar-refractivity contribution is 0.272. The van der Waals surface area contributed by atoms with Crippen LogP contribution in [0.5, 0.6) is 0 Å². The molecule has 0 saturated carbocycles. The van der Waals surface area contributed by atoms with Crippen LogP contribution in [-0.4, -0.2) is 18.0 Å². The van der Waals surface area contributed by atoms with Gasteiger partial charge in [-0.05, 0) is 37.2 Å². The maximum absolute atomic E-state index is 3.55. The van der Waals surface area contributed by atoms with Crippen LogP contribution >= 0.6 is 15.9 Å². The molecule has 0 aliphatic carbocycles. The van der Waals surface area contributed by atoms with Gasteiger partial charge in [0.05, 0.1) is 0 Å². The fourth-order valence-electron chi connectivity index (χ4n) is 2.54. The lowest BCUT2D eigenvalue weighted by Crippen LogP contribution is -2.24. The Balaban J connectivity index is 2.16. The van der Waals surface area contributed by atoms with Crippen molar-refractivity contribution in [1.82, 2.24) is 4.90 Å². The summed E-state index contributed by atoms with van der Waals surface area (Å²) in [6.45, 7) is 7.99. The number of halogens is 1. The van der Waals surface area contributed by atoms with Crippen LogP contribution in [0.3, 0.4) is 0 Å². The van der Waals surface area contributed by atoms with Crippen LogP contribution in [0.25, 0.3) is 0 Å². The van der Waals surface area contributed by atoms with Crippen LogP contribution in [0.2, 0.25) is 0 Å². The molecule has 0 saturated heterocycles. The fraction of sp³-hybridized carbons (Fsp3) is 0.667. The van der Waals surface area contributed by atoms with Crippen molar-refractivity contribution >= 4 is 15.9 Å². The van der Waals surface area contributed by atoms with E-state index in [1.165, 1.54) is 61.5 Å². The van der Waals surface area contributed by atoms with Crippen molar-refractivity contribution in [2.75, 3.05) is 13.1 Å².